The molecule has 1 aliphatic rings. The van der Waals surface area contributed by atoms with Crippen LogP contribution in [0.3, 0.4) is 0 Å². The van der Waals surface area contributed by atoms with Gasteiger partial charge in [-0.2, -0.15) is 13.2 Å². The van der Waals surface area contributed by atoms with Gasteiger partial charge in [0.2, 0.25) is 0 Å². The number of ether oxygens (including phenoxy) is 2. The Morgan fingerprint density at radius 2 is 1.88 bits per heavy atom. The number of hydrogen-bond donors (Lipinski definition) is 0. The molecule has 1 fully saturated rings. The zero-order valence-electron chi connectivity index (χ0n) is 9.53. The lowest BCUT2D eigenvalue weighted by molar-refractivity contribution is -0.375. The Labute approximate surface area is 91.9 Å². The lowest BCUT2D eigenvalue weighted by atomic mass is 9.93. The van der Waals surface area contributed by atoms with Gasteiger partial charge in [0.15, 0.2) is 5.79 Å². The van der Waals surface area contributed by atoms with Gasteiger partial charge >= 0.3 is 6.18 Å². The molecule has 1 rings (SSSR count). The molecule has 96 valence electrons. The fourth-order valence-corrected chi connectivity index (χ4v) is 1.66. The monoisotopic (exact) mass is 244 g/mol. The third kappa shape index (κ3) is 2.48. The van der Waals surface area contributed by atoms with Crippen LogP contribution in [0.4, 0.5) is 17.6 Å². The van der Waals surface area contributed by atoms with E-state index in [2.05, 4.69) is 0 Å². The second-order valence-corrected chi connectivity index (χ2v) is 4.44. The summed E-state index contributed by atoms with van der Waals surface area (Å²) in [6, 6.07) is 0. The van der Waals surface area contributed by atoms with E-state index in [-0.39, 0.29) is 6.42 Å². The molecule has 2 nitrogen and oxygen atoms in total. The Kier molecular flexibility index (Phi) is 3.55. The second-order valence-electron chi connectivity index (χ2n) is 4.44. The van der Waals surface area contributed by atoms with Gasteiger partial charge in [0.1, 0.15) is 6.10 Å². The highest BCUT2D eigenvalue weighted by molar-refractivity contribution is 4.98. The highest BCUT2D eigenvalue weighted by Gasteiger charge is 2.64. The van der Waals surface area contributed by atoms with Crippen LogP contribution < -0.4 is 0 Å². The van der Waals surface area contributed by atoms with Gasteiger partial charge in [0.25, 0.3) is 5.67 Å². The van der Waals surface area contributed by atoms with E-state index in [0.717, 1.165) is 0 Å². The van der Waals surface area contributed by atoms with Crippen LogP contribution >= 0.6 is 0 Å². The third-order valence-electron chi connectivity index (χ3n) is 2.59. The van der Waals surface area contributed by atoms with Crippen molar-refractivity contribution in [3.8, 4) is 0 Å². The van der Waals surface area contributed by atoms with Crippen molar-refractivity contribution in [2.24, 2.45) is 0 Å². The first kappa shape index (κ1) is 13.7. The number of halogens is 4. The second kappa shape index (κ2) is 4.14. The molecule has 0 aromatic heterocycles. The molecule has 6 heteroatoms. The molecule has 0 N–H and O–H groups in total. The molecule has 1 saturated heterocycles. The van der Waals surface area contributed by atoms with Gasteiger partial charge in [-0.3, -0.25) is 0 Å². The maximum absolute atomic E-state index is 13.9. The summed E-state index contributed by atoms with van der Waals surface area (Å²) in [5.41, 5.74) is -3.40. The van der Waals surface area contributed by atoms with Gasteiger partial charge in [-0.1, -0.05) is 13.3 Å². The fourth-order valence-electron chi connectivity index (χ4n) is 1.66. The van der Waals surface area contributed by atoms with E-state index in [4.69, 9.17) is 9.47 Å². The maximum atomic E-state index is 13.9. The average Bonchev–Trinajstić information content (AvgIpc) is 2.10. The molecule has 0 unspecified atom stereocenters. The molecule has 0 saturated carbocycles. The Balaban J connectivity index is 2.92. The van der Waals surface area contributed by atoms with Crippen molar-refractivity contribution in [3.63, 3.8) is 0 Å². The lowest BCUT2D eigenvalue weighted by Crippen LogP contribution is -2.62. The first-order valence-electron chi connectivity index (χ1n) is 5.20. The molecule has 0 bridgehead atoms. The van der Waals surface area contributed by atoms with E-state index in [1.807, 2.05) is 0 Å². The van der Waals surface area contributed by atoms with Crippen molar-refractivity contribution in [1.82, 2.24) is 0 Å². The molecule has 1 aliphatic heterocycles. The number of hydrogen-bond acceptors (Lipinski definition) is 2. The standard InChI is InChI=1S/C10H16F4O2/c1-4-5-7-9(11,10(12,13)14)6-15-8(2,3)16-7/h7H,4-6H2,1-3H3/t7-,9+/m1/s1. The molecule has 0 spiro atoms. The zero-order valence-corrected chi connectivity index (χ0v) is 9.53. The van der Waals surface area contributed by atoms with Crippen molar-refractivity contribution >= 4 is 0 Å². The summed E-state index contributed by atoms with van der Waals surface area (Å²) in [5.74, 6) is -1.17. The van der Waals surface area contributed by atoms with Crippen LogP contribution in [0, 0.1) is 0 Å². The minimum atomic E-state index is -4.97. The molecular weight excluding hydrogens is 228 g/mol. The summed E-state index contributed by atoms with van der Waals surface area (Å²) in [5, 5.41) is 0. The molecule has 0 aliphatic carbocycles. The Morgan fingerprint density at radius 1 is 1.31 bits per heavy atom. The van der Waals surface area contributed by atoms with Crippen LogP contribution in [0.1, 0.15) is 33.6 Å². The molecule has 1 heterocycles. The molecular formula is C10H16F4O2. The van der Waals surface area contributed by atoms with E-state index in [1.54, 1.807) is 6.92 Å². The minimum Gasteiger partial charge on any atom is -0.347 e. The smallest absolute Gasteiger partial charge is 0.347 e. The van der Waals surface area contributed by atoms with Gasteiger partial charge in [-0.05, 0) is 20.3 Å². The summed E-state index contributed by atoms with van der Waals surface area (Å²) < 4.78 is 61.6. The first-order valence-corrected chi connectivity index (χ1v) is 5.20. The largest absolute Gasteiger partial charge is 0.427 e. The van der Waals surface area contributed by atoms with E-state index < -0.39 is 30.3 Å². The average molecular weight is 244 g/mol. The summed E-state index contributed by atoms with van der Waals surface area (Å²) in [6.45, 7) is 3.63. The van der Waals surface area contributed by atoms with Crippen LogP contribution in [-0.4, -0.2) is 30.3 Å². The van der Waals surface area contributed by atoms with E-state index in [9.17, 15) is 17.6 Å². The minimum absolute atomic E-state index is 0.0167. The predicted molar refractivity (Wildman–Crippen MR) is 49.7 cm³/mol. The first-order chi connectivity index (χ1) is 7.12. The van der Waals surface area contributed by atoms with Gasteiger partial charge < -0.3 is 9.47 Å². The normalized spacial score (nSPS) is 35.1. The summed E-state index contributed by atoms with van der Waals surface area (Å²) >= 11 is 0. The van der Waals surface area contributed by atoms with Crippen LogP contribution in [0.2, 0.25) is 0 Å². The Morgan fingerprint density at radius 3 is 2.31 bits per heavy atom. The van der Waals surface area contributed by atoms with E-state index in [1.165, 1.54) is 13.8 Å². The van der Waals surface area contributed by atoms with E-state index >= 15 is 0 Å². The van der Waals surface area contributed by atoms with Gasteiger partial charge in [0.05, 0.1) is 6.61 Å². The van der Waals surface area contributed by atoms with Crippen molar-refractivity contribution in [2.45, 2.75) is 57.3 Å². The Hall–Kier alpha value is -0.360. The van der Waals surface area contributed by atoms with Gasteiger partial charge in [-0.15, -0.1) is 0 Å². The van der Waals surface area contributed by atoms with E-state index in [0.29, 0.717) is 6.42 Å². The quantitative estimate of drug-likeness (QED) is 0.694. The van der Waals surface area contributed by atoms with Crippen molar-refractivity contribution in [1.29, 1.82) is 0 Å². The lowest BCUT2D eigenvalue weighted by Gasteiger charge is -2.45. The maximum Gasteiger partial charge on any atom is 0.427 e. The molecule has 0 radical (unpaired) electrons. The summed E-state index contributed by atoms with van der Waals surface area (Å²) in [6.07, 6.45) is -6.03. The molecule has 0 aromatic carbocycles. The van der Waals surface area contributed by atoms with Crippen molar-refractivity contribution in [3.05, 3.63) is 0 Å². The molecule has 2 atom stereocenters. The highest BCUT2D eigenvalue weighted by Crippen LogP contribution is 2.44. The van der Waals surface area contributed by atoms with Crippen LogP contribution in [0.5, 0.6) is 0 Å². The number of rotatable bonds is 2. The topological polar surface area (TPSA) is 18.5 Å². The number of alkyl halides is 4. The molecule has 0 aromatic rings. The zero-order chi connectivity index (χ0) is 12.6. The van der Waals surface area contributed by atoms with Crippen LogP contribution in [0.25, 0.3) is 0 Å². The SMILES string of the molecule is CCC[C@H]1OC(C)(C)OC[C@@]1(F)C(F)(F)F. The van der Waals surface area contributed by atoms with Gasteiger partial charge in [-0.25, -0.2) is 4.39 Å². The predicted octanol–water partition coefficient (Wildman–Crippen LogP) is 3.21. The van der Waals surface area contributed by atoms with Gasteiger partial charge in [0, 0.05) is 0 Å². The highest BCUT2D eigenvalue weighted by atomic mass is 19.4. The summed E-state index contributed by atoms with van der Waals surface area (Å²) in [7, 11) is 0. The molecule has 16 heavy (non-hydrogen) atoms. The molecule has 0 amide bonds. The Bertz CT molecular complexity index is 252. The van der Waals surface area contributed by atoms with Crippen molar-refractivity contribution < 1.29 is 27.0 Å². The summed E-state index contributed by atoms with van der Waals surface area (Å²) in [4.78, 5) is 0. The fraction of sp³-hybridized carbons (Fsp3) is 1.00. The van der Waals surface area contributed by atoms with Crippen molar-refractivity contribution in [2.75, 3.05) is 6.61 Å². The van der Waals surface area contributed by atoms with Crippen LogP contribution in [0.15, 0.2) is 0 Å². The van der Waals surface area contributed by atoms with Crippen LogP contribution in [-0.2, 0) is 9.47 Å². The third-order valence-corrected chi connectivity index (χ3v) is 2.59.